The van der Waals surface area contributed by atoms with Crippen LogP contribution in [-0.2, 0) is 0 Å². The van der Waals surface area contributed by atoms with Gasteiger partial charge in [-0.2, -0.15) is 5.26 Å². The van der Waals surface area contributed by atoms with Crippen LogP contribution in [0.2, 0.25) is 0 Å². The molecule has 0 atom stereocenters. The molecule has 0 unspecified atom stereocenters. The van der Waals surface area contributed by atoms with E-state index in [1.807, 2.05) is 26.0 Å². The molecule has 0 bridgehead atoms. The van der Waals surface area contributed by atoms with Crippen molar-refractivity contribution in [3.63, 3.8) is 0 Å². The Morgan fingerprint density at radius 3 is 2.56 bits per heavy atom. The summed E-state index contributed by atoms with van der Waals surface area (Å²) < 4.78 is 0. The van der Waals surface area contributed by atoms with Gasteiger partial charge in [0.15, 0.2) is 0 Å². The van der Waals surface area contributed by atoms with Gasteiger partial charge in [-0.05, 0) is 43.2 Å². The molecule has 0 spiro atoms. The summed E-state index contributed by atoms with van der Waals surface area (Å²) in [5.74, 6) is 0. The van der Waals surface area contributed by atoms with Crippen LogP contribution in [0.3, 0.4) is 0 Å². The van der Waals surface area contributed by atoms with E-state index in [1.165, 1.54) is 10.8 Å². The van der Waals surface area contributed by atoms with Gasteiger partial charge in [0.05, 0.1) is 11.5 Å². The Labute approximate surface area is 108 Å². The highest BCUT2D eigenvalue weighted by molar-refractivity contribution is 5.85. The van der Waals surface area contributed by atoms with Crippen LogP contribution < -0.4 is 5.32 Å². The Balaban J connectivity index is 2.03. The fourth-order valence-corrected chi connectivity index (χ4v) is 1.87. The second-order valence-corrected chi connectivity index (χ2v) is 5.23. The van der Waals surface area contributed by atoms with Gasteiger partial charge in [-0.15, -0.1) is 0 Å². The van der Waals surface area contributed by atoms with Crippen molar-refractivity contribution in [2.75, 3.05) is 11.9 Å². The topological polar surface area (TPSA) is 35.8 Å². The number of hydrogen-bond acceptors (Lipinski definition) is 2. The maximum Gasteiger partial charge on any atom is 0.0684 e. The van der Waals surface area contributed by atoms with Crippen molar-refractivity contribution < 1.29 is 0 Å². The van der Waals surface area contributed by atoms with E-state index in [2.05, 4.69) is 41.7 Å². The minimum atomic E-state index is -0.260. The lowest BCUT2D eigenvalue weighted by Crippen LogP contribution is -2.14. The fourth-order valence-electron chi connectivity index (χ4n) is 1.87. The smallest absolute Gasteiger partial charge is 0.0684 e. The van der Waals surface area contributed by atoms with E-state index >= 15 is 0 Å². The van der Waals surface area contributed by atoms with E-state index in [9.17, 15) is 0 Å². The van der Waals surface area contributed by atoms with Crippen LogP contribution >= 0.6 is 0 Å². The summed E-state index contributed by atoms with van der Waals surface area (Å²) in [7, 11) is 0. The Kier molecular flexibility index (Phi) is 3.53. The summed E-state index contributed by atoms with van der Waals surface area (Å²) in [6.07, 6.45) is 0.844. The predicted molar refractivity (Wildman–Crippen MR) is 76.4 cm³/mol. The molecule has 2 nitrogen and oxygen atoms in total. The van der Waals surface area contributed by atoms with Gasteiger partial charge >= 0.3 is 0 Å². The van der Waals surface area contributed by atoms with Crippen LogP contribution in [0.5, 0.6) is 0 Å². The van der Waals surface area contributed by atoms with Crippen molar-refractivity contribution >= 4 is 16.5 Å². The monoisotopic (exact) mass is 238 g/mol. The second-order valence-electron chi connectivity index (χ2n) is 5.23. The predicted octanol–water partition coefficient (Wildman–Crippen LogP) is 4.19. The highest BCUT2D eigenvalue weighted by atomic mass is 14.9. The maximum atomic E-state index is 8.95. The molecular weight excluding hydrogens is 220 g/mol. The summed E-state index contributed by atoms with van der Waals surface area (Å²) in [4.78, 5) is 0. The quantitative estimate of drug-likeness (QED) is 0.866. The molecule has 2 rings (SSSR count). The molecule has 2 aromatic carbocycles. The van der Waals surface area contributed by atoms with E-state index in [0.717, 1.165) is 18.7 Å². The molecule has 18 heavy (non-hydrogen) atoms. The van der Waals surface area contributed by atoms with Gasteiger partial charge in [-0.3, -0.25) is 0 Å². The number of benzene rings is 2. The number of nitrogens with one attached hydrogen (secondary N) is 1. The van der Waals surface area contributed by atoms with E-state index in [-0.39, 0.29) is 5.41 Å². The standard InChI is InChI=1S/C16H18N2/c1-16(2,12-17)9-10-18-15-8-7-13-5-3-4-6-14(13)11-15/h3-8,11,18H,9-10H2,1-2H3. The van der Waals surface area contributed by atoms with Crippen molar-refractivity contribution in [1.29, 1.82) is 5.26 Å². The zero-order chi connectivity index (χ0) is 13.0. The largest absolute Gasteiger partial charge is 0.385 e. The number of nitrogens with zero attached hydrogens (tertiary/aromatic N) is 1. The maximum absolute atomic E-state index is 8.95. The third kappa shape index (κ3) is 3.01. The minimum absolute atomic E-state index is 0.260. The van der Waals surface area contributed by atoms with E-state index < -0.39 is 0 Å². The Morgan fingerprint density at radius 2 is 1.83 bits per heavy atom. The van der Waals surface area contributed by atoms with E-state index in [0.29, 0.717) is 0 Å². The first-order valence-electron chi connectivity index (χ1n) is 6.25. The summed E-state index contributed by atoms with van der Waals surface area (Å²) >= 11 is 0. The highest BCUT2D eigenvalue weighted by Crippen LogP contribution is 2.21. The third-order valence-corrected chi connectivity index (χ3v) is 3.13. The molecule has 0 aliphatic rings. The van der Waals surface area contributed by atoms with Crippen molar-refractivity contribution in [3.8, 4) is 6.07 Å². The summed E-state index contributed by atoms with van der Waals surface area (Å²) in [5, 5.41) is 14.8. The van der Waals surface area contributed by atoms with Crippen LogP contribution in [0.25, 0.3) is 10.8 Å². The number of fused-ring (bicyclic) bond motifs is 1. The van der Waals surface area contributed by atoms with Crippen molar-refractivity contribution in [3.05, 3.63) is 42.5 Å². The average Bonchev–Trinajstić information content (AvgIpc) is 2.38. The zero-order valence-electron chi connectivity index (χ0n) is 10.9. The number of anilines is 1. The molecule has 0 aliphatic heterocycles. The molecule has 92 valence electrons. The molecule has 2 heteroatoms. The molecule has 0 saturated carbocycles. The second kappa shape index (κ2) is 5.10. The molecule has 1 N–H and O–H groups in total. The normalized spacial score (nSPS) is 11.2. The van der Waals surface area contributed by atoms with Crippen molar-refractivity contribution in [1.82, 2.24) is 0 Å². The first kappa shape index (κ1) is 12.4. The lowest BCUT2D eigenvalue weighted by Gasteiger charge is -2.15. The van der Waals surface area contributed by atoms with Gasteiger partial charge in [-0.25, -0.2) is 0 Å². The molecule has 0 radical (unpaired) electrons. The first-order valence-corrected chi connectivity index (χ1v) is 6.25. The lowest BCUT2D eigenvalue weighted by molar-refractivity contribution is 0.466. The number of hydrogen-bond donors (Lipinski definition) is 1. The van der Waals surface area contributed by atoms with Gasteiger partial charge in [0.25, 0.3) is 0 Å². The van der Waals surface area contributed by atoms with Gasteiger partial charge < -0.3 is 5.32 Å². The number of rotatable bonds is 4. The number of nitriles is 1. The Bertz CT molecular complexity index is 579. The van der Waals surface area contributed by atoms with Gasteiger partial charge in [0.1, 0.15) is 0 Å². The molecule has 2 aromatic rings. The molecule has 0 aliphatic carbocycles. The summed E-state index contributed by atoms with van der Waals surface area (Å²) in [6.45, 7) is 4.75. The Hall–Kier alpha value is -2.01. The van der Waals surface area contributed by atoms with Crippen molar-refractivity contribution in [2.24, 2.45) is 5.41 Å². The van der Waals surface area contributed by atoms with E-state index in [4.69, 9.17) is 5.26 Å². The summed E-state index contributed by atoms with van der Waals surface area (Å²) in [6, 6.07) is 17.0. The van der Waals surface area contributed by atoms with Crippen LogP contribution in [0.4, 0.5) is 5.69 Å². The van der Waals surface area contributed by atoms with Crippen LogP contribution in [-0.4, -0.2) is 6.54 Å². The molecule has 0 amide bonds. The van der Waals surface area contributed by atoms with Gasteiger partial charge in [0.2, 0.25) is 0 Å². The van der Waals surface area contributed by atoms with Crippen LogP contribution in [0, 0.1) is 16.7 Å². The summed E-state index contributed by atoms with van der Waals surface area (Å²) in [5.41, 5.74) is 0.853. The molecule has 0 fully saturated rings. The highest BCUT2D eigenvalue weighted by Gasteiger charge is 2.15. The van der Waals surface area contributed by atoms with Crippen molar-refractivity contribution in [2.45, 2.75) is 20.3 Å². The van der Waals surface area contributed by atoms with Gasteiger partial charge in [0, 0.05) is 12.2 Å². The average molecular weight is 238 g/mol. The third-order valence-electron chi connectivity index (χ3n) is 3.13. The van der Waals surface area contributed by atoms with Crippen LogP contribution in [0.1, 0.15) is 20.3 Å². The molecular formula is C16H18N2. The van der Waals surface area contributed by atoms with Crippen LogP contribution in [0.15, 0.2) is 42.5 Å². The lowest BCUT2D eigenvalue weighted by atomic mass is 9.91. The molecule has 0 heterocycles. The fraction of sp³-hybridized carbons (Fsp3) is 0.312. The molecule has 0 saturated heterocycles. The Morgan fingerprint density at radius 1 is 1.11 bits per heavy atom. The van der Waals surface area contributed by atoms with Gasteiger partial charge in [-0.1, -0.05) is 30.3 Å². The van der Waals surface area contributed by atoms with E-state index in [1.54, 1.807) is 0 Å². The SMILES string of the molecule is CC(C)(C#N)CCNc1ccc2ccccc2c1. The zero-order valence-corrected chi connectivity index (χ0v) is 10.9. The molecule has 0 aromatic heterocycles. The first-order chi connectivity index (χ1) is 8.61. The minimum Gasteiger partial charge on any atom is -0.385 e.